The molecule has 0 bridgehead atoms. The fourth-order valence-electron chi connectivity index (χ4n) is 3.20. The first kappa shape index (κ1) is 18.7. The molecule has 4 rings (SSSR count). The van der Waals surface area contributed by atoms with Gasteiger partial charge in [-0.1, -0.05) is 23.2 Å². The Labute approximate surface area is 169 Å². The largest absolute Gasteiger partial charge is 0.383 e. The van der Waals surface area contributed by atoms with Gasteiger partial charge >= 0.3 is 0 Å². The average molecular weight is 416 g/mol. The van der Waals surface area contributed by atoms with E-state index in [1.54, 1.807) is 54.4 Å². The lowest BCUT2D eigenvalue weighted by Gasteiger charge is -2.11. The molecule has 4 aromatic rings. The van der Waals surface area contributed by atoms with Gasteiger partial charge in [0.15, 0.2) is 0 Å². The zero-order valence-electron chi connectivity index (χ0n) is 14.9. The van der Waals surface area contributed by atoms with Crippen molar-refractivity contribution >= 4 is 44.9 Å². The predicted octanol–water partition coefficient (Wildman–Crippen LogP) is 3.65. The van der Waals surface area contributed by atoms with Crippen LogP contribution in [0.3, 0.4) is 0 Å². The summed E-state index contributed by atoms with van der Waals surface area (Å²) in [5.41, 5.74) is 0.553. The van der Waals surface area contributed by atoms with Gasteiger partial charge in [-0.2, -0.15) is 0 Å². The van der Waals surface area contributed by atoms with Crippen LogP contribution in [0.15, 0.2) is 58.5 Å². The number of benzene rings is 1. The van der Waals surface area contributed by atoms with Crippen LogP contribution < -0.4 is 11.1 Å². The van der Waals surface area contributed by atoms with Gasteiger partial charge in [0.2, 0.25) is 0 Å². The Morgan fingerprint density at radius 2 is 1.75 bits per heavy atom. The van der Waals surface area contributed by atoms with Crippen molar-refractivity contribution in [3.63, 3.8) is 0 Å². The first-order valence-electron chi connectivity index (χ1n) is 8.48. The molecule has 0 aliphatic rings. The van der Waals surface area contributed by atoms with Crippen molar-refractivity contribution in [1.29, 1.82) is 0 Å². The summed E-state index contributed by atoms with van der Waals surface area (Å²) in [5, 5.41) is 2.15. The maximum Gasteiger partial charge on any atom is 0.264 e. The zero-order valence-corrected chi connectivity index (χ0v) is 16.4. The van der Waals surface area contributed by atoms with Crippen LogP contribution in [0.2, 0.25) is 10.0 Å². The lowest BCUT2D eigenvalue weighted by atomic mass is 10.1. The maximum atomic E-state index is 13.1. The summed E-state index contributed by atoms with van der Waals surface area (Å²) in [7, 11) is 1.58. The van der Waals surface area contributed by atoms with Crippen molar-refractivity contribution in [1.82, 2.24) is 14.1 Å². The maximum absolute atomic E-state index is 13.1. The molecule has 1 aromatic carbocycles. The zero-order chi connectivity index (χ0) is 19.8. The summed E-state index contributed by atoms with van der Waals surface area (Å²) in [6.07, 6.45) is 4.78. The molecular formula is C20H15Cl2N3O3. The van der Waals surface area contributed by atoms with Gasteiger partial charge in [0.1, 0.15) is 0 Å². The molecule has 0 atom stereocenters. The monoisotopic (exact) mass is 415 g/mol. The van der Waals surface area contributed by atoms with E-state index in [1.165, 1.54) is 10.8 Å². The fraction of sp³-hybridized carbons (Fsp3) is 0.150. The van der Waals surface area contributed by atoms with E-state index in [4.69, 9.17) is 27.9 Å². The quantitative estimate of drug-likeness (QED) is 0.477. The molecule has 0 spiro atoms. The number of hydrogen-bond donors (Lipinski definition) is 0. The van der Waals surface area contributed by atoms with Gasteiger partial charge in [-0.05, 0) is 30.3 Å². The number of fused-ring (bicyclic) bond motifs is 3. The van der Waals surface area contributed by atoms with Gasteiger partial charge in [0.25, 0.3) is 11.1 Å². The van der Waals surface area contributed by atoms with Crippen LogP contribution in [0.5, 0.6) is 0 Å². The molecule has 3 heterocycles. The van der Waals surface area contributed by atoms with Crippen molar-refractivity contribution in [2.45, 2.75) is 6.54 Å². The van der Waals surface area contributed by atoms with Crippen molar-refractivity contribution in [3.05, 3.63) is 79.7 Å². The van der Waals surface area contributed by atoms with Crippen LogP contribution >= 0.6 is 23.2 Å². The Morgan fingerprint density at radius 3 is 2.46 bits per heavy atom. The third-order valence-electron chi connectivity index (χ3n) is 4.54. The summed E-state index contributed by atoms with van der Waals surface area (Å²) < 4.78 is 8.03. The Bertz CT molecular complexity index is 1310. The minimum absolute atomic E-state index is 0.212. The van der Waals surface area contributed by atoms with Crippen molar-refractivity contribution in [3.8, 4) is 5.69 Å². The highest BCUT2D eigenvalue weighted by atomic mass is 35.5. The minimum Gasteiger partial charge on any atom is -0.383 e. The van der Waals surface area contributed by atoms with Gasteiger partial charge in [-0.15, -0.1) is 0 Å². The number of halogens is 2. The molecule has 0 saturated heterocycles. The molecule has 6 nitrogen and oxygen atoms in total. The number of ether oxygens (including phenoxy) is 1. The second kappa shape index (κ2) is 7.39. The molecule has 142 valence electrons. The number of rotatable bonds is 4. The van der Waals surface area contributed by atoms with E-state index < -0.39 is 0 Å². The molecule has 0 fully saturated rings. The molecule has 0 radical (unpaired) electrons. The minimum atomic E-state index is -0.308. The third-order valence-corrected chi connectivity index (χ3v) is 4.97. The highest BCUT2D eigenvalue weighted by molar-refractivity contribution is 6.34. The number of hydrogen-bond acceptors (Lipinski definition) is 4. The van der Waals surface area contributed by atoms with Crippen molar-refractivity contribution in [2.75, 3.05) is 13.7 Å². The van der Waals surface area contributed by atoms with Gasteiger partial charge < -0.3 is 9.30 Å². The Kier molecular flexibility index (Phi) is 4.93. The summed E-state index contributed by atoms with van der Waals surface area (Å²) in [5.74, 6) is 0. The van der Waals surface area contributed by atoms with E-state index >= 15 is 0 Å². The molecule has 8 heteroatoms. The van der Waals surface area contributed by atoms with Crippen LogP contribution in [0, 0.1) is 0 Å². The number of nitrogens with zero attached hydrogens (tertiary/aromatic N) is 3. The second-order valence-electron chi connectivity index (χ2n) is 6.27. The molecule has 0 N–H and O–H groups in total. The summed E-state index contributed by atoms with van der Waals surface area (Å²) in [6, 6.07) is 8.38. The lowest BCUT2D eigenvalue weighted by Crippen LogP contribution is -2.23. The first-order chi connectivity index (χ1) is 13.5. The Balaban J connectivity index is 1.99. The number of aromatic nitrogens is 3. The molecule has 0 aliphatic carbocycles. The van der Waals surface area contributed by atoms with Crippen LogP contribution in [0.1, 0.15) is 0 Å². The Morgan fingerprint density at radius 1 is 1.00 bits per heavy atom. The van der Waals surface area contributed by atoms with E-state index in [1.807, 2.05) is 0 Å². The van der Waals surface area contributed by atoms with Crippen molar-refractivity contribution in [2.24, 2.45) is 0 Å². The van der Waals surface area contributed by atoms with E-state index in [-0.39, 0.29) is 11.1 Å². The lowest BCUT2D eigenvalue weighted by molar-refractivity contribution is 0.186. The van der Waals surface area contributed by atoms with E-state index in [0.717, 1.165) is 0 Å². The molecule has 0 amide bonds. The van der Waals surface area contributed by atoms with E-state index in [9.17, 15) is 9.59 Å². The molecular weight excluding hydrogens is 401 g/mol. The normalized spacial score (nSPS) is 11.4. The van der Waals surface area contributed by atoms with Crippen molar-refractivity contribution < 1.29 is 4.74 Å². The van der Waals surface area contributed by atoms with Gasteiger partial charge in [-0.3, -0.25) is 19.1 Å². The second-order valence-corrected chi connectivity index (χ2v) is 7.14. The highest BCUT2D eigenvalue weighted by Gasteiger charge is 2.13. The Hall–Kier alpha value is -2.67. The van der Waals surface area contributed by atoms with E-state index in [0.29, 0.717) is 50.6 Å². The number of pyridine rings is 3. The molecule has 3 aromatic heterocycles. The first-order valence-corrected chi connectivity index (χ1v) is 9.24. The number of methoxy groups -OCH3 is 1. The topological polar surface area (TPSA) is 66.1 Å². The highest BCUT2D eigenvalue weighted by Crippen LogP contribution is 2.23. The smallest absolute Gasteiger partial charge is 0.264 e. The molecule has 28 heavy (non-hydrogen) atoms. The van der Waals surface area contributed by atoms with Crippen LogP contribution in [-0.4, -0.2) is 27.8 Å². The molecule has 0 saturated carbocycles. The van der Waals surface area contributed by atoms with Gasteiger partial charge in [0.05, 0.1) is 28.6 Å². The van der Waals surface area contributed by atoms with Crippen LogP contribution in [0.4, 0.5) is 0 Å². The molecule has 0 unspecified atom stereocenters. The van der Waals surface area contributed by atoms with Gasteiger partial charge in [-0.25, -0.2) is 0 Å². The van der Waals surface area contributed by atoms with E-state index in [2.05, 4.69) is 4.98 Å². The van der Waals surface area contributed by atoms with Crippen LogP contribution in [-0.2, 0) is 11.3 Å². The summed E-state index contributed by atoms with van der Waals surface area (Å²) >= 11 is 12.1. The predicted molar refractivity (Wildman–Crippen MR) is 111 cm³/mol. The molecule has 0 aliphatic heterocycles. The SMILES string of the molecule is COCCn1ccc2ncc3c(=O)n(-c4cc(Cl)cc(Cl)c4)ccc3c2c1=O. The summed E-state index contributed by atoms with van der Waals surface area (Å²) in [6.45, 7) is 0.825. The van der Waals surface area contributed by atoms with Crippen LogP contribution in [0.25, 0.3) is 27.4 Å². The average Bonchev–Trinajstić information content (AvgIpc) is 2.66. The summed E-state index contributed by atoms with van der Waals surface area (Å²) in [4.78, 5) is 30.3. The third kappa shape index (κ3) is 3.20. The standard InChI is InChI=1S/C20H15Cl2N3O3/c1-28-7-6-24-4-3-17-18(20(24)27)15-2-5-25(19(26)16(15)11-23-17)14-9-12(21)8-13(22)10-14/h2-5,8-11H,6-7H2,1H3. The van der Waals surface area contributed by atoms with Gasteiger partial charge in [0, 0.05) is 47.7 Å². The fourth-order valence-corrected chi connectivity index (χ4v) is 3.72.